The summed E-state index contributed by atoms with van der Waals surface area (Å²) in [6, 6.07) is 27.8. The molecule has 0 saturated carbocycles. The van der Waals surface area contributed by atoms with Crippen LogP contribution in [-0.4, -0.2) is 0 Å². The van der Waals surface area contributed by atoms with Gasteiger partial charge in [-0.3, -0.25) is 9.59 Å². The fourth-order valence-electron chi connectivity index (χ4n) is 5.26. The molecule has 0 heterocycles. The van der Waals surface area contributed by atoms with Crippen LogP contribution in [0.2, 0.25) is 0 Å². The van der Waals surface area contributed by atoms with Gasteiger partial charge < -0.3 is 0 Å². The van der Waals surface area contributed by atoms with Crippen LogP contribution in [0.5, 0.6) is 0 Å². The second-order valence-corrected chi connectivity index (χ2v) is 7.99. The molecule has 0 amide bonds. The van der Waals surface area contributed by atoms with E-state index in [2.05, 4.69) is 6.07 Å². The summed E-state index contributed by atoms with van der Waals surface area (Å²) in [4.78, 5) is 26.5. The van der Waals surface area contributed by atoms with E-state index in [0.717, 1.165) is 64.6 Å². The Bertz CT molecular complexity index is 1930. The zero-order chi connectivity index (χ0) is 20.0. The van der Waals surface area contributed by atoms with Crippen LogP contribution >= 0.6 is 0 Å². The molecule has 0 aromatic heterocycles. The van der Waals surface area contributed by atoms with Crippen molar-refractivity contribution in [2.75, 3.05) is 0 Å². The molecular weight excluding hydrogens is 368 g/mol. The Labute approximate surface area is 170 Å². The molecule has 0 atom stereocenters. The van der Waals surface area contributed by atoms with Crippen molar-refractivity contribution in [1.29, 1.82) is 0 Å². The van der Waals surface area contributed by atoms with E-state index in [1.165, 1.54) is 0 Å². The van der Waals surface area contributed by atoms with Gasteiger partial charge in [0.05, 0.1) is 0 Å². The van der Waals surface area contributed by atoms with Gasteiger partial charge in [0, 0.05) is 26.9 Å². The van der Waals surface area contributed by atoms with Gasteiger partial charge in [0.15, 0.2) is 10.9 Å². The lowest BCUT2D eigenvalue weighted by Gasteiger charge is -2.08. The molecule has 0 radical (unpaired) electrons. The Kier molecular flexibility index (Phi) is 2.80. The first-order valence-electron chi connectivity index (χ1n) is 10.0. The molecule has 0 fully saturated rings. The van der Waals surface area contributed by atoms with E-state index in [1.807, 2.05) is 78.9 Å². The summed E-state index contributed by atoms with van der Waals surface area (Å²) >= 11 is 0. The van der Waals surface area contributed by atoms with Crippen LogP contribution in [0.25, 0.3) is 64.6 Å². The summed E-state index contributed by atoms with van der Waals surface area (Å²) in [5, 5.41) is 10.9. The highest BCUT2D eigenvalue weighted by Crippen LogP contribution is 2.40. The van der Waals surface area contributed by atoms with Crippen molar-refractivity contribution in [1.82, 2.24) is 0 Å². The summed E-state index contributed by atoms with van der Waals surface area (Å²) in [6.07, 6.45) is 0. The summed E-state index contributed by atoms with van der Waals surface area (Å²) in [5.74, 6) is 0. The van der Waals surface area contributed by atoms with Crippen molar-refractivity contribution in [3.63, 3.8) is 0 Å². The second-order valence-electron chi connectivity index (χ2n) is 7.99. The van der Waals surface area contributed by atoms with E-state index in [1.54, 1.807) is 0 Å². The minimum atomic E-state index is 0.0727. The van der Waals surface area contributed by atoms with E-state index in [0.29, 0.717) is 0 Å². The Balaban J connectivity index is 1.91. The van der Waals surface area contributed by atoms with Gasteiger partial charge in [0.25, 0.3) is 0 Å². The van der Waals surface area contributed by atoms with Gasteiger partial charge in [-0.1, -0.05) is 72.8 Å². The van der Waals surface area contributed by atoms with Gasteiger partial charge in [-0.05, 0) is 49.8 Å². The summed E-state index contributed by atoms with van der Waals surface area (Å²) in [6.45, 7) is 0. The highest BCUT2D eigenvalue weighted by molar-refractivity contribution is 6.35. The third-order valence-corrected chi connectivity index (χ3v) is 6.54. The largest absolute Gasteiger partial charge is 0.289 e. The van der Waals surface area contributed by atoms with Crippen LogP contribution in [-0.2, 0) is 0 Å². The highest BCUT2D eigenvalue weighted by Gasteiger charge is 2.19. The molecule has 7 rings (SSSR count). The molecule has 2 nitrogen and oxygen atoms in total. The first-order valence-corrected chi connectivity index (χ1v) is 10.0. The quantitative estimate of drug-likeness (QED) is 0.293. The van der Waals surface area contributed by atoms with E-state index in [4.69, 9.17) is 0 Å². The highest BCUT2D eigenvalue weighted by atomic mass is 16.1. The molecule has 0 aliphatic carbocycles. The number of rotatable bonds is 0. The third-order valence-electron chi connectivity index (χ3n) is 6.54. The Hall–Kier alpha value is -4.04. The molecule has 0 unspecified atom stereocenters. The van der Waals surface area contributed by atoms with Crippen molar-refractivity contribution in [2.24, 2.45) is 0 Å². The topological polar surface area (TPSA) is 34.1 Å². The van der Waals surface area contributed by atoms with Gasteiger partial charge in [0.1, 0.15) is 0 Å². The summed E-state index contributed by atoms with van der Waals surface area (Å²) < 4.78 is 0. The van der Waals surface area contributed by atoms with Crippen LogP contribution in [0.15, 0.2) is 94.5 Å². The molecule has 0 saturated heterocycles. The lowest BCUT2D eigenvalue weighted by molar-refractivity contribution is 1.80. The molecule has 138 valence electrons. The van der Waals surface area contributed by atoms with Gasteiger partial charge in [-0.25, -0.2) is 0 Å². The number of benzene rings is 5. The zero-order valence-corrected chi connectivity index (χ0v) is 15.9. The van der Waals surface area contributed by atoms with Crippen molar-refractivity contribution >= 4 is 64.6 Å². The van der Waals surface area contributed by atoms with E-state index < -0.39 is 0 Å². The van der Waals surface area contributed by atoms with Gasteiger partial charge in [0.2, 0.25) is 0 Å². The number of hydrogen-bond acceptors (Lipinski definition) is 2. The minimum absolute atomic E-state index is 0.0727. The zero-order valence-electron chi connectivity index (χ0n) is 15.9. The molecule has 30 heavy (non-hydrogen) atoms. The maximum absolute atomic E-state index is 13.4. The molecule has 7 aromatic carbocycles. The smallest absolute Gasteiger partial charge is 0.194 e. The summed E-state index contributed by atoms with van der Waals surface area (Å²) in [7, 11) is 0. The molecule has 0 bridgehead atoms. The Morgan fingerprint density at radius 2 is 0.767 bits per heavy atom. The minimum Gasteiger partial charge on any atom is -0.289 e. The van der Waals surface area contributed by atoms with Crippen LogP contribution in [0.4, 0.5) is 0 Å². The predicted octanol–water partition coefficient (Wildman–Crippen LogP) is 6.20. The fraction of sp³-hybridized carbons (Fsp3) is 0. The standard InChI is InChI=1S/C28H14O2/c29-27-19-11-5-2-8-16(19)22-13-23-21(14-24(22)27)15-7-1-3-9-17(15)26-25(23)18-10-4-6-12-20(18)28(26)30/h1-14H. The van der Waals surface area contributed by atoms with Crippen molar-refractivity contribution < 1.29 is 0 Å². The van der Waals surface area contributed by atoms with Crippen molar-refractivity contribution in [2.45, 2.75) is 0 Å². The van der Waals surface area contributed by atoms with E-state index in [-0.39, 0.29) is 10.9 Å². The molecule has 0 aliphatic rings. The molecule has 0 aliphatic heterocycles. The number of hydrogen-bond donors (Lipinski definition) is 0. The van der Waals surface area contributed by atoms with Gasteiger partial charge in [-0.2, -0.15) is 0 Å². The molecule has 0 N–H and O–H groups in total. The first-order chi connectivity index (χ1) is 14.7. The second kappa shape index (κ2) is 5.31. The molecule has 7 aromatic rings. The van der Waals surface area contributed by atoms with E-state index in [9.17, 15) is 9.59 Å². The van der Waals surface area contributed by atoms with Crippen LogP contribution in [0, 0.1) is 0 Å². The lowest BCUT2D eigenvalue weighted by atomic mass is 9.94. The molecule has 0 spiro atoms. The Morgan fingerprint density at radius 3 is 1.43 bits per heavy atom. The fourth-order valence-corrected chi connectivity index (χ4v) is 5.26. The average Bonchev–Trinajstić information content (AvgIpc) is 3.25. The third kappa shape index (κ3) is 1.75. The monoisotopic (exact) mass is 382 g/mol. The van der Waals surface area contributed by atoms with E-state index >= 15 is 0 Å². The van der Waals surface area contributed by atoms with Crippen molar-refractivity contribution in [3.05, 3.63) is 105 Å². The predicted molar refractivity (Wildman–Crippen MR) is 126 cm³/mol. The van der Waals surface area contributed by atoms with Gasteiger partial charge >= 0.3 is 0 Å². The summed E-state index contributed by atoms with van der Waals surface area (Å²) in [5.41, 5.74) is 0.152. The van der Waals surface area contributed by atoms with Crippen molar-refractivity contribution in [3.8, 4) is 0 Å². The average molecular weight is 382 g/mol. The lowest BCUT2D eigenvalue weighted by Crippen LogP contribution is -1.96. The molecular formula is C28H14O2. The van der Waals surface area contributed by atoms with Crippen LogP contribution in [0.1, 0.15) is 0 Å². The normalized spacial score (nSPS) is 12.3. The van der Waals surface area contributed by atoms with Crippen LogP contribution in [0.3, 0.4) is 0 Å². The first kappa shape index (κ1) is 15.8. The SMILES string of the molecule is O=c1c2ccccc2c2cc3c(cc12)c1ccccc1c1c(=O)c2ccccc2c31. The maximum atomic E-state index is 13.4. The number of fused-ring (bicyclic) bond motifs is 11. The van der Waals surface area contributed by atoms with Crippen LogP contribution < -0.4 is 10.9 Å². The Morgan fingerprint density at radius 1 is 0.333 bits per heavy atom. The maximum Gasteiger partial charge on any atom is 0.194 e. The molecule has 2 heteroatoms. The van der Waals surface area contributed by atoms with Gasteiger partial charge in [-0.15, -0.1) is 0 Å².